The number of ether oxygens (including phenoxy) is 1. The van der Waals surface area contributed by atoms with E-state index in [0.29, 0.717) is 6.42 Å². The topological polar surface area (TPSA) is 46.5 Å². The maximum Gasteiger partial charge on any atom is 0.315 e. The predicted molar refractivity (Wildman–Crippen MR) is 63.8 cm³/mol. The van der Waals surface area contributed by atoms with Gasteiger partial charge >= 0.3 is 5.97 Å². The number of hydrogen-bond donors (Lipinski definition) is 1. The molecule has 1 saturated heterocycles. The van der Waals surface area contributed by atoms with Crippen molar-refractivity contribution in [1.82, 2.24) is 0 Å². The lowest BCUT2D eigenvalue weighted by molar-refractivity contribution is -0.152. The van der Waals surface area contributed by atoms with Gasteiger partial charge in [0.2, 0.25) is 0 Å². The van der Waals surface area contributed by atoms with Gasteiger partial charge in [-0.1, -0.05) is 19.3 Å². The minimum Gasteiger partial charge on any atom is -0.457 e. The highest BCUT2D eigenvalue weighted by Gasteiger charge is 2.68. The van der Waals surface area contributed by atoms with Gasteiger partial charge in [-0.25, -0.2) is 0 Å². The number of rotatable bonds is 0. The summed E-state index contributed by atoms with van der Waals surface area (Å²) in [4.78, 5) is 12.2. The van der Waals surface area contributed by atoms with Crippen LogP contribution in [0.3, 0.4) is 0 Å². The molecule has 1 spiro atoms. The zero-order valence-corrected chi connectivity index (χ0v) is 10.7. The van der Waals surface area contributed by atoms with Crippen molar-refractivity contribution in [3.8, 4) is 0 Å². The summed E-state index contributed by atoms with van der Waals surface area (Å²) in [6.07, 6.45) is 6.60. The molecule has 1 N–H and O–H groups in total. The van der Waals surface area contributed by atoms with Crippen LogP contribution in [-0.2, 0) is 9.53 Å². The molecule has 3 atom stereocenters. The molecule has 0 unspecified atom stereocenters. The standard InChI is InChI=1S/C13H19ClO3/c14-9-5-4-8-13(16)10(9)17-11(15)12(13)6-2-1-3-7-12/h9-10,16H,1-8H2/t9-,10+,13-/m0/s1. The highest BCUT2D eigenvalue weighted by Crippen LogP contribution is 2.57. The normalized spacial score (nSPS) is 44.5. The van der Waals surface area contributed by atoms with Crippen molar-refractivity contribution in [3.05, 3.63) is 0 Å². The van der Waals surface area contributed by atoms with E-state index in [2.05, 4.69) is 0 Å². The Balaban J connectivity index is 2.00. The lowest BCUT2D eigenvalue weighted by Crippen LogP contribution is -2.57. The number of halogens is 1. The molecule has 1 aliphatic heterocycles. The first kappa shape index (κ1) is 11.8. The van der Waals surface area contributed by atoms with Gasteiger partial charge in [0.1, 0.15) is 17.1 Å². The summed E-state index contributed by atoms with van der Waals surface area (Å²) in [5, 5.41) is 10.8. The quantitative estimate of drug-likeness (QED) is 0.536. The van der Waals surface area contributed by atoms with E-state index in [1.807, 2.05) is 0 Å². The van der Waals surface area contributed by atoms with Gasteiger partial charge in [0.15, 0.2) is 0 Å². The van der Waals surface area contributed by atoms with Crippen molar-refractivity contribution >= 4 is 17.6 Å². The summed E-state index contributed by atoms with van der Waals surface area (Å²) < 4.78 is 5.45. The molecule has 3 rings (SSSR count). The van der Waals surface area contributed by atoms with Crippen LogP contribution in [-0.4, -0.2) is 28.2 Å². The molecule has 17 heavy (non-hydrogen) atoms. The molecule has 0 amide bonds. The molecule has 0 radical (unpaired) electrons. The molecule has 3 nitrogen and oxygen atoms in total. The van der Waals surface area contributed by atoms with Gasteiger partial charge in [-0.2, -0.15) is 0 Å². The molecule has 0 aromatic rings. The lowest BCUT2D eigenvalue weighted by Gasteiger charge is -2.45. The van der Waals surface area contributed by atoms with Crippen molar-refractivity contribution in [2.24, 2.45) is 5.41 Å². The third kappa shape index (κ3) is 1.42. The molecule has 1 heterocycles. The van der Waals surface area contributed by atoms with Crippen LogP contribution in [0.1, 0.15) is 51.4 Å². The molecule has 4 heteroatoms. The molecule has 2 aliphatic carbocycles. The number of alkyl halides is 1. The van der Waals surface area contributed by atoms with E-state index in [4.69, 9.17) is 16.3 Å². The fourth-order valence-electron chi connectivity index (χ4n) is 4.04. The Bertz CT molecular complexity index is 338. The molecular weight excluding hydrogens is 240 g/mol. The van der Waals surface area contributed by atoms with Crippen LogP contribution in [0.15, 0.2) is 0 Å². The van der Waals surface area contributed by atoms with Gasteiger partial charge < -0.3 is 9.84 Å². The Morgan fingerprint density at radius 3 is 2.59 bits per heavy atom. The van der Waals surface area contributed by atoms with Crippen LogP contribution in [0.2, 0.25) is 0 Å². The van der Waals surface area contributed by atoms with E-state index in [9.17, 15) is 9.90 Å². The molecule has 0 aromatic carbocycles. The fraction of sp³-hybridized carbons (Fsp3) is 0.923. The van der Waals surface area contributed by atoms with Gasteiger partial charge in [-0.3, -0.25) is 4.79 Å². The molecule has 0 aromatic heterocycles. The first-order chi connectivity index (χ1) is 8.10. The zero-order chi connectivity index (χ0) is 12.1. The molecule has 3 fully saturated rings. The average molecular weight is 259 g/mol. The Hall–Kier alpha value is -0.280. The fourth-order valence-corrected chi connectivity index (χ4v) is 4.45. The molecular formula is C13H19ClO3. The average Bonchev–Trinajstić information content (AvgIpc) is 2.54. The van der Waals surface area contributed by atoms with Crippen LogP contribution < -0.4 is 0 Å². The second-order valence-corrected chi connectivity index (χ2v) is 6.36. The zero-order valence-electron chi connectivity index (χ0n) is 9.95. The Morgan fingerprint density at radius 1 is 1.18 bits per heavy atom. The summed E-state index contributed by atoms with van der Waals surface area (Å²) in [7, 11) is 0. The highest BCUT2D eigenvalue weighted by molar-refractivity contribution is 6.21. The van der Waals surface area contributed by atoms with Gasteiger partial charge in [0.25, 0.3) is 0 Å². The highest BCUT2D eigenvalue weighted by atomic mass is 35.5. The van der Waals surface area contributed by atoms with Gasteiger partial charge in [0.05, 0.1) is 5.38 Å². The van der Waals surface area contributed by atoms with Crippen molar-refractivity contribution < 1.29 is 14.6 Å². The second-order valence-electron chi connectivity index (χ2n) is 5.80. The van der Waals surface area contributed by atoms with Crippen LogP contribution in [0.25, 0.3) is 0 Å². The summed E-state index contributed by atoms with van der Waals surface area (Å²) in [5.41, 5.74) is -1.65. The lowest BCUT2D eigenvalue weighted by atomic mass is 9.59. The first-order valence-corrected chi connectivity index (χ1v) is 7.11. The predicted octanol–water partition coefficient (Wildman–Crippen LogP) is 2.38. The SMILES string of the molecule is O=C1O[C@@H]2[C@@H](Cl)CCC[C@@]2(O)C12CCCCC2. The summed E-state index contributed by atoms with van der Waals surface area (Å²) in [6, 6.07) is 0. The van der Waals surface area contributed by atoms with E-state index in [1.165, 1.54) is 0 Å². The Kier molecular flexibility index (Phi) is 2.67. The number of aliphatic hydroxyl groups is 1. The van der Waals surface area contributed by atoms with E-state index >= 15 is 0 Å². The van der Waals surface area contributed by atoms with Crippen LogP contribution in [0.5, 0.6) is 0 Å². The van der Waals surface area contributed by atoms with Crippen molar-refractivity contribution in [3.63, 3.8) is 0 Å². The van der Waals surface area contributed by atoms with Crippen molar-refractivity contribution in [1.29, 1.82) is 0 Å². The number of carbonyl (C=O) groups excluding carboxylic acids is 1. The van der Waals surface area contributed by atoms with E-state index in [-0.39, 0.29) is 11.3 Å². The second kappa shape index (κ2) is 3.86. The Labute approximate surface area is 106 Å². The molecule has 3 aliphatic rings. The molecule has 2 saturated carbocycles. The van der Waals surface area contributed by atoms with Crippen molar-refractivity contribution in [2.75, 3.05) is 0 Å². The minimum atomic E-state index is -1.00. The number of esters is 1. The van der Waals surface area contributed by atoms with E-state index in [1.54, 1.807) is 0 Å². The van der Waals surface area contributed by atoms with Crippen LogP contribution >= 0.6 is 11.6 Å². The number of hydrogen-bond acceptors (Lipinski definition) is 3. The third-order valence-electron chi connectivity index (χ3n) is 5.00. The largest absolute Gasteiger partial charge is 0.457 e. The first-order valence-electron chi connectivity index (χ1n) is 6.68. The van der Waals surface area contributed by atoms with Gasteiger partial charge in [0, 0.05) is 0 Å². The van der Waals surface area contributed by atoms with Gasteiger partial charge in [-0.05, 0) is 32.1 Å². The van der Waals surface area contributed by atoms with Crippen LogP contribution in [0.4, 0.5) is 0 Å². The number of carbonyl (C=O) groups is 1. The molecule has 0 bridgehead atoms. The Morgan fingerprint density at radius 2 is 1.88 bits per heavy atom. The smallest absolute Gasteiger partial charge is 0.315 e. The summed E-state index contributed by atoms with van der Waals surface area (Å²) >= 11 is 6.24. The minimum absolute atomic E-state index is 0.197. The molecule has 96 valence electrons. The summed E-state index contributed by atoms with van der Waals surface area (Å²) in [6.45, 7) is 0. The van der Waals surface area contributed by atoms with Crippen LogP contribution in [0, 0.1) is 5.41 Å². The maximum atomic E-state index is 12.2. The van der Waals surface area contributed by atoms with Crippen molar-refractivity contribution in [2.45, 2.75) is 68.4 Å². The van der Waals surface area contributed by atoms with Gasteiger partial charge in [-0.15, -0.1) is 11.6 Å². The number of fused-ring (bicyclic) bond motifs is 2. The third-order valence-corrected chi connectivity index (χ3v) is 5.44. The monoisotopic (exact) mass is 258 g/mol. The summed E-state index contributed by atoms with van der Waals surface area (Å²) in [5.74, 6) is -0.197. The maximum absolute atomic E-state index is 12.2. The van der Waals surface area contributed by atoms with E-state index in [0.717, 1.165) is 44.9 Å². The van der Waals surface area contributed by atoms with E-state index < -0.39 is 17.1 Å².